The molecule has 0 aliphatic carbocycles. The molecule has 24 heavy (non-hydrogen) atoms. The average Bonchev–Trinajstić information content (AvgIpc) is 2.91. The molecule has 3 amide bonds. The molecule has 8 nitrogen and oxygen atoms in total. The van der Waals surface area contributed by atoms with Crippen LogP contribution < -0.4 is 16.4 Å². The first-order valence-corrected chi connectivity index (χ1v) is 6.84. The van der Waals surface area contributed by atoms with Gasteiger partial charge in [-0.1, -0.05) is 6.07 Å². The molecule has 1 aromatic heterocycles. The van der Waals surface area contributed by atoms with Gasteiger partial charge < -0.3 is 21.5 Å². The molecule has 1 atom stereocenters. The van der Waals surface area contributed by atoms with Crippen molar-refractivity contribution in [2.75, 3.05) is 11.9 Å². The Hall–Kier alpha value is -3.01. The van der Waals surface area contributed by atoms with E-state index in [9.17, 15) is 23.5 Å². The number of hydrogen-bond donors (Lipinski definition) is 4. The highest BCUT2D eigenvalue weighted by Gasteiger charge is 2.15. The second kappa shape index (κ2) is 7.51. The zero-order valence-electron chi connectivity index (χ0n) is 12.4. The average molecular weight is 339 g/mol. The van der Waals surface area contributed by atoms with Gasteiger partial charge in [-0.3, -0.25) is 9.48 Å². The molecule has 2 rings (SSSR count). The van der Waals surface area contributed by atoms with Crippen LogP contribution in [0.25, 0.3) is 0 Å². The van der Waals surface area contributed by atoms with Crippen molar-refractivity contribution in [3.8, 4) is 0 Å². The lowest BCUT2D eigenvalue weighted by Crippen LogP contribution is -2.32. The van der Waals surface area contributed by atoms with Gasteiger partial charge in [0.2, 0.25) is 5.91 Å². The lowest BCUT2D eigenvalue weighted by Gasteiger charge is -2.13. The van der Waals surface area contributed by atoms with Crippen molar-refractivity contribution in [3.05, 3.63) is 47.8 Å². The van der Waals surface area contributed by atoms with E-state index in [2.05, 4.69) is 15.7 Å². The molecule has 10 heteroatoms. The molecule has 0 radical (unpaired) electrons. The molecule has 0 aliphatic rings. The summed E-state index contributed by atoms with van der Waals surface area (Å²) < 4.78 is 27.5. The predicted molar refractivity (Wildman–Crippen MR) is 79.8 cm³/mol. The zero-order chi connectivity index (χ0) is 17.7. The number of aliphatic hydroxyl groups is 1. The van der Waals surface area contributed by atoms with Gasteiger partial charge in [-0.25, -0.2) is 13.6 Å². The lowest BCUT2D eigenvalue weighted by atomic mass is 10.1. The fourth-order valence-electron chi connectivity index (χ4n) is 1.92. The molecule has 1 aromatic carbocycles. The van der Waals surface area contributed by atoms with E-state index in [-0.39, 0.29) is 18.7 Å². The van der Waals surface area contributed by atoms with Crippen molar-refractivity contribution in [2.24, 2.45) is 5.73 Å². The minimum atomic E-state index is -1.34. The largest absolute Gasteiger partial charge is 0.386 e. The van der Waals surface area contributed by atoms with Crippen molar-refractivity contribution >= 4 is 17.6 Å². The van der Waals surface area contributed by atoms with Crippen LogP contribution in [-0.4, -0.2) is 33.4 Å². The topological polar surface area (TPSA) is 122 Å². The molecule has 0 fully saturated rings. The standard InChI is InChI=1S/C14H15F2N5O3/c15-8-1-2-10(11(16)3-8)12(22)5-18-14(24)20-9-4-19-21(6-9)7-13(17)23/h1-4,6,12,22H,5,7H2,(H2,17,23)(H2,18,20,24). The van der Waals surface area contributed by atoms with Gasteiger partial charge in [0.15, 0.2) is 0 Å². The van der Waals surface area contributed by atoms with E-state index < -0.39 is 29.7 Å². The minimum Gasteiger partial charge on any atom is -0.386 e. The van der Waals surface area contributed by atoms with E-state index in [4.69, 9.17) is 5.73 Å². The fourth-order valence-corrected chi connectivity index (χ4v) is 1.92. The van der Waals surface area contributed by atoms with Crippen LogP contribution in [0.3, 0.4) is 0 Å². The Labute approximate surface area is 135 Å². The first-order valence-electron chi connectivity index (χ1n) is 6.84. The number of carbonyl (C=O) groups is 2. The summed E-state index contributed by atoms with van der Waals surface area (Å²) >= 11 is 0. The van der Waals surface area contributed by atoms with Crippen LogP contribution in [0.4, 0.5) is 19.3 Å². The monoisotopic (exact) mass is 339 g/mol. The molecule has 1 heterocycles. The maximum Gasteiger partial charge on any atom is 0.319 e. The van der Waals surface area contributed by atoms with E-state index in [1.807, 2.05) is 0 Å². The smallest absolute Gasteiger partial charge is 0.319 e. The molecule has 0 spiro atoms. The highest BCUT2D eigenvalue weighted by Crippen LogP contribution is 2.17. The number of anilines is 1. The number of benzene rings is 1. The number of hydrogen-bond acceptors (Lipinski definition) is 4. The zero-order valence-corrected chi connectivity index (χ0v) is 12.4. The number of nitrogens with zero attached hydrogens (tertiary/aromatic N) is 2. The number of aromatic nitrogens is 2. The highest BCUT2D eigenvalue weighted by molar-refractivity contribution is 5.88. The summed E-state index contributed by atoms with van der Waals surface area (Å²) in [4.78, 5) is 22.4. The molecule has 0 saturated carbocycles. The van der Waals surface area contributed by atoms with Gasteiger partial charge in [0.05, 0.1) is 18.0 Å². The molecule has 0 saturated heterocycles. The second-order valence-corrected chi connectivity index (χ2v) is 4.91. The van der Waals surface area contributed by atoms with Crippen molar-refractivity contribution in [2.45, 2.75) is 12.6 Å². The van der Waals surface area contributed by atoms with Gasteiger partial charge in [-0.2, -0.15) is 5.10 Å². The van der Waals surface area contributed by atoms with E-state index >= 15 is 0 Å². The van der Waals surface area contributed by atoms with Crippen molar-refractivity contribution in [3.63, 3.8) is 0 Å². The summed E-state index contributed by atoms with van der Waals surface area (Å²) in [6.07, 6.45) is 1.35. The summed E-state index contributed by atoms with van der Waals surface area (Å²) in [5.74, 6) is -2.25. The lowest BCUT2D eigenvalue weighted by molar-refractivity contribution is -0.118. The van der Waals surface area contributed by atoms with E-state index in [1.165, 1.54) is 17.1 Å². The van der Waals surface area contributed by atoms with Crippen molar-refractivity contribution in [1.29, 1.82) is 0 Å². The van der Waals surface area contributed by atoms with Gasteiger partial charge in [0.1, 0.15) is 18.2 Å². The number of carbonyl (C=O) groups excluding carboxylic acids is 2. The Kier molecular flexibility index (Phi) is 5.42. The van der Waals surface area contributed by atoms with Crippen LogP contribution in [0.5, 0.6) is 0 Å². The first-order chi connectivity index (χ1) is 11.3. The molecular weight excluding hydrogens is 324 g/mol. The molecule has 5 N–H and O–H groups in total. The summed E-state index contributed by atoms with van der Waals surface area (Å²) in [6.45, 7) is -0.421. The fraction of sp³-hybridized carbons (Fsp3) is 0.214. The number of nitrogens with two attached hydrogens (primary N) is 1. The SMILES string of the molecule is NC(=O)Cn1cc(NC(=O)NCC(O)c2ccc(F)cc2F)cn1. The van der Waals surface area contributed by atoms with Crippen LogP contribution >= 0.6 is 0 Å². The number of rotatable bonds is 6. The molecule has 128 valence electrons. The second-order valence-electron chi connectivity index (χ2n) is 4.91. The van der Waals surface area contributed by atoms with Crippen LogP contribution in [0.2, 0.25) is 0 Å². The van der Waals surface area contributed by atoms with E-state index in [0.717, 1.165) is 12.1 Å². The summed E-state index contributed by atoms with van der Waals surface area (Å²) in [5, 5.41) is 18.4. The maximum absolute atomic E-state index is 13.5. The third-order valence-electron chi connectivity index (χ3n) is 2.99. The number of aliphatic hydroxyl groups excluding tert-OH is 1. The first kappa shape index (κ1) is 17.3. The van der Waals surface area contributed by atoms with Gasteiger partial charge >= 0.3 is 6.03 Å². The summed E-state index contributed by atoms with van der Waals surface area (Å²) in [7, 11) is 0. The predicted octanol–water partition coefficient (Wildman–Crippen LogP) is 0.502. The van der Waals surface area contributed by atoms with Crippen LogP contribution in [0, 0.1) is 11.6 Å². The van der Waals surface area contributed by atoms with Crippen molar-refractivity contribution in [1.82, 2.24) is 15.1 Å². The molecule has 0 bridgehead atoms. The number of nitrogens with one attached hydrogen (secondary N) is 2. The van der Waals surface area contributed by atoms with Gasteiger partial charge in [0.25, 0.3) is 0 Å². The Morgan fingerprint density at radius 2 is 2.12 bits per heavy atom. The van der Waals surface area contributed by atoms with Crippen LogP contribution in [0.1, 0.15) is 11.7 Å². The quantitative estimate of drug-likeness (QED) is 0.612. The highest BCUT2D eigenvalue weighted by atomic mass is 19.1. The molecule has 1 unspecified atom stereocenters. The Morgan fingerprint density at radius 1 is 1.38 bits per heavy atom. The van der Waals surface area contributed by atoms with Gasteiger partial charge in [-0.15, -0.1) is 0 Å². The van der Waals surface area contributed by atoms with Crippen LogP contribution in [-0.2, 0) is 11.3 Å². The van der Waals surface area contributed by atoms with E-state index in [0.29, 0.717) is 11.8 Å². The summed E-state index contributed by atoms with van der Waals surface area (Å²) in [6, 6.07) is 2.08. The number of urea groups is 1. The minimum absolute atomic E-state index is 0.133. The third kappa shape index (κ3) is 4.74. The number of amides is 3. The van der Waals surface area contributed by atoms with Gasteiger partial charge in [-0.05, 0) is 6.07 Å². The maximum atomic E-state index is 13.5. The molecule has 2 aromatic rings. The Bertz CT molecular complexity index is 750. The Balaban J connectivity index is 1.86. The molecular formula is C14H15F2N5O3. The van der Waals surface area contributed by atoms with Gasteiger partial charge in [0, 0.05) is 24.4 Å². The number of halogens is 2. The normalized spacial score (nSPS) is 11.8. The summed E-state index contributed by atoms with van der Waals surface area (Å²) in [5.41, 5.74) is 5.18. The third-order valence-corrected chi connectivity index (χ3v) is 2.99. The van der Waals surface area contributed by atoms with E-state index in [1.54, 1.807) is 0 Å². The molecule has 0 aliphatic heterocycles. The van der Waals surface area contributed by atoms with Crippen molar-refractivity contribution < 1.29 is 23.5 Å². The Morgan fingerprint density at radius 3 is 2.79 bits per heavy atom. The number of primary amides is 1. The van der Waals surface area contributed by atoms with Crippen LogP contribution in [0.15, 0.2) is 30.6 Å².